The Balaban J connectivity index is 0.00000225. The van der Waals surface area contributed by atoms with E-state index in [1.54, 1.807) is 32.4 Å². The van der Waals surface area contributed by atoms with Crippen LogP contribution >= 0.6 is 24.0 Å². The summed E-state index contributed by atoms with van der Waals surface area (Å²) in [7, 11) is 3.17. The minimum atomic E-state index is 0. The number of nitriles is 1. The van der Waals surface area contributed by atoms with Crippen LogP contribution in [0.5, 0.6) is 11.5 Å². The number of methoxy groups -OCH3 is 2. The second kappa shape index (κ2) is 7.93. The molecule has 5 nitrogen and oxygen atoms in total. The van der Waals surface area contributed by atoms with Crippen molar-refractivity contribution in [3.05, 3.63) is 53.2 Å². The maximum Gasteiger partial charge on any atom is 0.124 e. The van der Waals surface area contributed by atoms with E-state index >= 15 is 0 Å². The normalized spacial score (nSPS) is 9.84. The van der Waals surface area contributed by atoms with Gasteiger partial charge in [0.25, 0.3) is 0 Å². The smallest absolute Gasteiger partial charge is 0.124 e. The number of hydrogen-bond donors (Lipinski definition) is 1. The van der Waals surface area contributed by atoms with Crippen LogP contribution in [0.3, 0.4) is 0 Å². The maximum absolute atomic E-state index is 9.41. The fourth-order valence-electron chi connectivity index (χ4n) is 2.41. The van der Waals surface area contributed by atoms with Crippen LogP contribution in [0.25, 0.3) is 10.9 Å². The second-order valence-corrected chi connectivity index (χ2v) is 5.48. The standard InChI is InChI=1S/C18H14ClN3O2.ClH/c1-23-14-6-13(7-15(8-14)24-2)22-18-11(9-20)10-21-17-4-3-12(19)5-16(17)18;/h3-8,10H,1-2H3,(H,21,22);1H. The number of halogens is 2. The monoisotopic (exact) mass is 375 g/mol. The Morgan fingerprint density at radius 3 is 2.36 bits per heavy atom. The number of rotatable bonds is 4. The molecule has 25 heavy (non-hydrogen) atoms. The van der Waals surface area contributed by atoms with Crippen LogP contribution in [0.15, 0.2) is 42.6 Å². The third-order valence-corrected chi connectivity index (χ3v) is 3.81. The van der Waals surface area contributed by atoms with Crippen molar-refractivity contribution in [3.63, 3.8) is 0 Å². The molecule has 128 valence electrons. The molecule has 0 aliphatic heterocycles. The van der Waals surface area contributed by atoms with Crippen molar-refractivity contribution < 1.29 is 9.47 Å². The van der Waals surface area contributed by atoms with Gasteiger partial charge in [0.15, 0.2) is 0 Å². The highest BCUT2D eigenvalue weighted by atomic mass is 35.5. The summed E-state index contributed by atoms with van der Waals surface area (Å²) >= 11 is 6.11. The number of anilines is 2. The molecule has 0 fully saturated rings. The molecule has 0 bridgehead atoms. The quantitative estimate of drug-likeness (QED) is 0.698. The number of fused-ring (bicyclic) bond motifs is 1. The summed E-state index contributed by atoms with van der Waals surface area (Å²) in [5, 5.41) is 14.0. The Morgan fingerprint density at radius 2 is 1.76 bits per heavy atom. The van der Waals surface area contributed by atoms with Crippen LogP contribution in [-0.2, 0) is 0 Å². The van der Waals surface area contributed by atoms with Crippen LogP contribution in [-0.4, -0.2) is 19.2 Å². The summed E-state index contributed by atoms with van der Waals surface area (Å²) in [5.41, 5.74) is 2.54. The van der Waals surface area contributed by atoms with Gasteiger partial charge in [-0.2, -0.15) is 5.26 Å². The fraction of sp³-hybridized carbons (Fsp3) is 0.111. The molecular weight excluding hydrogens is 361 g/mol. The van der Waals surface area contributed by atoms with Crippen molar-refractivity contribution in [2.24, 2.45) is 0 Å². The summed E-state index contributed by atoms with van der Waals surface area (Å²) in [6, 6.07) is 12.9. The first kappa shape index (κ1) is 18.7. The highest BCUT2D eigenvalue weighted by molar-refractivity contribution is 6.31. The number of hydrogen-bond acceptors (Lipinski definition) is 5. The van der Waals surface area contributed by atoms with E-state index in [1.807, 2.05) is 18.2 Å². The van der Waals surface area contributed by atoms with E-state index in [4.69, 9.17) is 21.1 Å². The van der Waals surface area contributed by atoms with Gasteiger partial charge in [-0.3, -0.25) is 4.98 Å². The third-order valence-electron chi connectivity index (χ3n) is 3.57. The Kier molecular flexibility index (Phi) is 5.92. The molecule has 0 aliphatic rings. The minimum Gasteiger partial charge on any atom is -0.497 e. The number of aromatic nitrogens is 1. The third kappa shape index (κ3) is 3.87. The molecule has 0 saturated heterocycles. The van der Waals surface area contributed by atoms with Gasteiger partial charge >= 0.3 is 0 Å². The minimum absolute atomic E-state index is 0. The average Bonchev–Trinajstić information content (AvgIpc) is 2.61. The molecular formula is C18H15Cl2N3O2. The highest BCUT2D eigenvalue weighted by Crippen LogP contribution is 2.33. The van der Waals surface area contributed by atoms with Gasteiger partial charge in [-0.15, -0.1) is 12.4 Å². The molecule has 0 amide bonds. The molecule has 0 spiro atoms. The lowest BCUT2D eigenvalue weighted by atomic mass is 10.1. The van der Waals surface area contributed by atoms with Gasteiger partial charge in [0.1, 0.15) is 17.6 Å². The van der Waals surface area contributed by atoms with Crippen molar-refractivity contribution >= 4 is 46.3 Å². The topological polar surface area (TPSA) is 67.2 Å². The molecule has 0 radical (unpaired) electrons. The predicted molar refractivity (Wildman–Crippen MR) is 102 cm³/mol. The van der Waals surface area contributed by atoms with E-state index in [1.165, 1.54) is 6.20 Å². The molecule has 0 aliphatic carbocycles. The lowest BCUT2D eigenvalue weighted by Crippen LogP contribution is -1.98. The zero-order valence-corrected chi connectivity index (χ0v) is 15.1. The largest absolute Gasteiger partial charge is 0.497 e. The summed E-state index contributed by atoms with van der Waals surface area (Å²) in [6.07, 6.45) is 1.54. The van der Waals surface area contributed by atoms with E-state index in [0.29, 0.717) is 27.8 Å². The Hall–Kier alpha value is -2.68. The lowest BCUT2D eigenvalue weighted by molar-refractivity contribution is 0.395. The molecule has 1 heterocycles. The SMILES string of the molecule is COc1cc(Nc2c(C#N)cnc3ccc(Cl)cc23)cc(OC)c1.Cl. The lowest BCUT2D eigenvalue weighted by Gasteiger charge is -2.14. The second-order valence-electron chi connectivity index (χ2n) is 5.05. The Labute approximate surface area is 156 Å². The number of benzene rings is 2. The van der Waals surface area contributed by atoms with Gasteiger partial charge in [-0.05, 0) is 18.2 Å². The van der Waals surface area contributed by atoms with Crippen molar-refractivity contribution in [2.75, 3.05) is 19.5 Å². The molecule has 0 saturated carbocycles. The van der Waals surface area contributed by atoms with Gasteiger partial charge in [0, 0.05) is 40.5 Å². The molecule has 2 aromatic carbocycles. The van der Waals surface area contributed by atoms with E-state index in [2.05, 4.69) is 16.4 Å². The van der Waals surface area contributed by atoms with Crippen LogP contribution in [0, 0.1) is 11.3 Å². The van der Waals surface area contributed by atoms with E-state index in [-0.39, 0.29) is 12.4 Å². The average molecular weight is 376 g/mol. The molecule has 7 heteroatoms. The summed E-state index contributed by atoms with van der Waals surface area (Å²) < 4.78 is 10.6. The zero-order valence-electron chi connectivity index (χ0n) is 13.5. The van der Waals surface area contributed by atoms with Crippen molar-refractivity contribution in [1.29, 1.82) is 5.26 Å². The van der Waals surface area contributed by atoms with Crippen LogP contribution in [0.4, 0.5) is 11.4 Å². The van der Waals surface area contributed by atoms with Crippen LogP contribution in [0.1, 0.15) is 5.56 Å². The van der Waals surface area contributed by atoms with E-state index in [9.17, 15) is 5.26 Å². The molecule has 1 aromatic heterocycles. The first-order chi connectivity index (χ1) is 11.6. The van der Waals surface area contributed by atoms with Gasteiger partial charge < -0.3 is 14.8 Å². The maximum atomic E-state index is 9.41. The summed E-state index contributed by atoms with van der Waals surface area (Å²) in [5.74, 6) is 1.29. The number of ether oxygens (including phenoxy) is 2. The predicted octanol–water partition coefficient (Wildman–Crippen LogP) is 4.94. The van der Waals surface area contributed by atoms with Crippen LogP contribution < -0.4 is 14.8 Å². The van der Waals surface area contributed by atoms with Gasteiger partial charge in [-0.1, -0.05) is 11.6 Å². The first-order valence-corrected chi connectivity index (χ1v) is 7.51. The molecule has 3 rings (SSSR count). The number of pyridine rings is 1. The van der Waals surface area contributed by atoms with Gasteiger partial charge in [0.2, 0.25) is 0 Å². The number of nitrogens with zero attached hydrogens (tertiary/aromatic N) is 2. The molecule has 0 atom stereocenters. The van der Waals surface area contributed by atoms with Crippen molar-refractivity contribution in [3.8, 4) is 17.6 Å². The van der Waals surface area contributed by atoms with E-state index < -0.39 is 0 Å². The van der Waals surface area contributed by atoms with Crippen molar-refractivity contribution in [1.82, 2.24) is 4.98 Å². The summed E-state index contributed by atoms with van der Waals surface area (Å²) in [4.78, 5) is 4.29. The summed E-state index contributed by atoms with van der Waals surface area (Å²) in [6.45, 7) is 0. The Morgan fingerprint density at radius 1 is 1.08 bits per heavy atom. The molecule has 3 aromatic rings. The highest BCUT2D eigenvalue weighted by Gasteiger charge is 2.11. The van der Waals surface area contributed by atoms with E-state index in [0.717, 1.165) is 16.6 Å². The van der Waals surface area contributed by atoms with Crippen molar-refractivity contribution in [2.45, 2.75) is 0 Å². The first-order valence-electron chi connectivity index (χ1n) is 7.13. The fourth-order valence-corrected chi connectivity index (χ4v) is 2.58. The zero-order chi connectivity index (χ0) is 17.1. The molecule has 1 N–H and O–H groups in total. The van der Waals surface area contributed by atoms with Gasteiger partial charge in [0.05, 0.1) is 31.0 Å². The Bertz CT molecular complexity index is 933. The van der Waals surface area contributed by atoms with Gasteiger partial charge in [-0.25, -0.2) is 0 Å². The number of nitrogens with one attached hydrogen (secondary N) is 1. The van der Waals surface area contributed by atoms with Crippen LogP contribution in [0.2, 0.25) is 5.02 Å². The molecule has 0 unspecified atom stereocenters.